The maximum Gasteiger partial charge on any atom is 0.186 e. The standard InChI is InChI=1S/C10H7O/c11-10-7-3-5-8-4-1-2-6-9(8)10/h1-7H. The lowest BCUT2D eigenvalue weighted by Crippen LogP contribution is -1.69. The first kappa shape index (κ1) is 6.23. The molecule has 0 aliphatic heterocycles. The molecule has 2 rings (SSSR count). The van der Waals surface area contributed by atoms with E-state index in [-0.39, 0.29) is 5.75 Å². The topological polar surface area (TPSA) is 19.9 Å². The van der Waals surface area contributed by atoms with E-state index in [9.17, 15) is 5.11 Å². The van der Waals surface area contributed by atoms with Gasteiger partial charge in [-0.15, -0.1) is 0 Å². The maximum atomic E-state index is 11.2. The molecule has 0 aliphatic carbocycles. The van der Waals surface area contributed by atoms with Crippen molar-refractivity contribution in [3.8, 4) is 5.75 Å². The molecule has 0 aromatic heterocycles. The van der Waals surface area contributed by atoms with Crippen LogP contribution in [0, 0.1) is 0 Å². The van der Waals surface area contributed by atoms with Gasteiger partial charge in [-0.25, -0.2) is 0 Å². The van der Waals surface area contributed by atoms with Gasteiger partial charge in [-0.2, -0.15) is 0 Å². The smallest absolute Gasteiger partial charge is 0.186 e. The van der Waals surface area contributed by atoms with Crippen molar-refractivity contribution in [3.05, 3.63) is 42.5 Å². The van der Waals surface area contributed by atoms with Gasteiger partial charge in [0.1, 0.15) is 0 Å². The molecule has 0 amide bonds. The first-order valence-electron chi connectivity index (χ1n) is 3.53. The Morgan fingerprint density at radius 2 is 1.55 bits per heavy atom. The highest BCUT2D eigenvalue weighted by atomic mass is 16.3. The zero-order valence-corrected chi connectivity index (χ0v) is 5.95. The Kier molecular flexibility index (Phi) is 1.29. The van der Waals surface area contributed by atoms with E-state index in [1.54, 1.807) is 12.1 Å². The molecule has 53 valence electrons. The minimum atomic E-state index is 0.100. The lowest BCUT2D eigenvalue weighted by molar-refractivity contribution is 0.360. The van der Waals surface area contributed by atoms with Crippen LogP contribution < -0.4 is 0 Å². The second-order valence-corrected chi connectivity index (χ2v) is 2.48. The molecule has 0 spiro atoms. The van der Waals surface area contributed by atoms with Crippen molar-refractivity contribution in [1.82, 2.24) is 0 Å². The fraction of sp³-hybridized carbons (Fsp3) is 0. The average Bonchev–Trinajstić information content (AvgIpc) is 2.06. The van der Waals surface area contributed by atoms with Gasteiger partial charge in [-0.05, 0) is 11.5 Å². The molecule has 0 heterocycles. The van der Waals surface area contributed by atoms with Gasteiger partial charge in [0, 0.05) is 5.39 Å². The third-order valence-corrected chi connectivity index (χ3v) is 1.75. The molecule has 0 fully saturated rings. The minimum absolute atomic E-state index is 0.100. The zero-order valence-electron chi connectivity index (χ0n) is 5.95. The highest BCUT2D eigenvalue weighted by Gasteiger charge is 1.96. The van der Waals surface area contributed by atoms with Gasteiger partial charge in [-0.1, -0.05) is 36.4 Å². The highest BCUT2D eigenvalue weighted by Crippen LogP contribution is 2.23. The molecule has 0 unspecified atom stereocenters. The van der Waals surface area contributed by atoms with Gasteiger partial charge < -0.3 is 0 Å². The summed E-state index contributed by atoms with van der Waals surface area (Å²) in [5.41, 5.74) is 0. The summed E-state index contributed by atoms with van der Waals surface area (Å²) in [7, 11) is 0. The van der Waals surface area contributed by atoms with Gasteiger partial charge >= 0.3 is 0 Å². The lowest BCUT2D eigenvalue weighted by Gasteiger charge is -1.95. The van der Waals surface area contributed by atoms with Crippen molar-refractivity contribution in [2.75, 3.05) is 0 Å². The molecule has 0 saturated heterocycles. The Morgan fingerprint density at radius 3 is 2.36 bits per heavy atom. The van der Waals surface area contributed by atoms with Gasteiger partial charge in [0.2, 0.25) is 0 Å². The third-order valence-electron chi connectivity index (χ3n) is 1.75. The van der Waals surface area contributed by atoms with Gasteiger partial charge in [0.15, 0.2) is 5.75 Å². The molecule has 0 bridgehead atoms. The molecular weight excluding hydrogens is 136 g/mol. The Bertz CT molecular complexity index is 374. The van der Waals surface area contributed by atoms with Crippen LogP contribution in [0.15, 0.2) is 42.5 Å². The van der Waals surface area contributed by atoms with Crippen molar-refractivity contribution in [1.29, 1.82) is 0 Å². The maximum absolute atomic E-state index is 11.2. The molecule has 1 nitrogen and oxygen atoms in total. The highest BCUT2D eigenvalue weighted by molar-refractivity contribution is 5.87. The summed E-state index contributed by atoms with van der Waals surface area (Å²) >= 11 is 0. The van der Waals surface area contributed by atoms with Crippen molar-refractivity contribution < 1.29 is 5.11 Å². The average molecular weight is 143 g/mol. The third kappa shape index (κ3) is 0.944. The van der Waals surface area contributed by atoms with Crippen LogP contribution in [0.3, 0.4) is 0 Å². The molecule has 2 aromatic rings. The second-order valence-electron chi connectivity index (χ2n) is 2.48. The number of rotatable bonds is 0. The van der Waals surface area contributed by atoms with E-state index in [0.717, 1.165) is 10.8 Å². The number of hydrogen-bond donors (Lipinski definition) is 0. The Hall–Kier alpha value is -1.50. The predicted molar refractivity (Wildman–Crippen MR) is 44.1 cm³/mol. The van der Waals surface area contributed by atoms with Crippen LogP contribution in [0.1, 0.15) is 0 Å². The molecule has 0 N–H and O–H groups in total. The fourth-order valence-electron chi connectivity index (χ4n) is 1.20. The normalized spacial score (nSPS) is 10.2. The summed E-state index contributed by atoms with van der Waals surface area (Å²) in [6, 6.07) is 12.9. The Labute approximate surface area is 64.9 Å². The van der Waals surface area contributed by atoms with Crippen molar-refractivity contribution >= 4 is 10.8 Å². The van der Waals surface area contributed by atoms with Gasteiger partial charge in [0.25, 0.3) is 0 Å². The summed E-state index contributed by atoms with van der Waals surface area (Å²) in [4.78, 5) is 0. The summed E-state index contributed by atoms with van der Waals surface area (Å²) in [6.45, 7) is 0. The summed E-state index contributed by atoms with van der Waals surface area (Å²) in [6.07, 6.45) is 0. The first-order valence-corrected chi connectivity index (χ1v) is 3.53. The van der Waals surface area contributed by atoms with E-state index in [0.29, 0.717) is 0 Å². The van der Waals surface area contributed by atoms with Crippen LogP contribution in [0.25, 0.3) is 10.8 Å². The molecule has 0 atom stereocenters. The van der Waals surface area contributed by atoms with E-state index < -0.39 is 0 Å². The molecule has 1 radical (unpaired) electrons. The quantitative estimate of drug-likeness (QED) is 0.540. The van der Waals surface area contributed by atoms with E-state index in [1.807, 2.05) is 30.3 Å². The van der Waals surface area contributed by atoms with Crippen LogP contribution in [-0.2, 0) is 5.11 Å². The van der Waals surface area contributed by atoms with Crippen LogP contribution in [0.4, 0.5) is 0 Å². The van der Waals surface area contributed by atoms with E-state index in [1.165, 1.54) is 0 Å². The van der Waals surface area contributed by atoms with Crippen LogP contribution >= 0.6 is 0 Å². The van der Waals surface area contributed by atoms with Crippen molar-refractivity contribution in [2.45, 2.75) is 0 Å². The summed E-state index contributed by atoms with van der Waals surface area (Å²) in [5.74, 6) is 0.100. The number of hydrogen-bond acceptors (Lipinski definition) is 0. The molecule has 0 saturated carbocycles. The lowest BCUT2D eigenvalue weighted by atomic mass is 10.1. The van der Waals surface area contributed by atoms with E-state index in [4.69, 9.17) is 0 Å². The van der Waals surface area contributed by atoms with Gasteiger partial charge in [-0.3, -0.25) is 5.11 Å². The molecule has 0 aliphatic rings. The second kappa shape index (κ2) is 2.27. The fourth-order valence-corrected chi connectivity index (χ4v) is 1.20. The van der Waals surface area contributed by atoms with Crippen LogP contribution in [0.5, 0.6) is 5.75 Å². The Morgan fingerprint density at radius 1 is 0.818 bits per heavy atom. The van der Waals surface area contributed by atoms with E-state index >= 15 is 0 Å². The SMILES string of the molecule is [O]c1cccc2ccccc12. The van der Waals surface area contributed by atoms with Crippen LogP contribution in [-0.4, -0.2) is 0 Å². The zero-order chi connectivity index (χ0) is 7.68. The monoisotopic (exact) mass is 143 g/mol. The minimum Gasteiger partial charge on any atom is -0.289 e. The number of fused-ring (bicyclic) bond motifs is 1. The molecule has 2 aromatic carbocycles. The van der Waals surface area contributed by atoms with Gasteiger partial charge in [0.05, 0.1) is 0 Å². The first-order chi connectivity index (χ1) is 5.38. The largest absolute Gasteiger partial charge is 0.289 e. The van der Waals surface area contributed by atoms with Crippen LogP contribution in [0.2, 0.25) is 0 Å². The summed E-state index contributed by atoms with van der Waals surface area (Å²) in [5, 5.41) is 13.0. The van der Waals surface area contributed by atoms with Crippen molar-refractivity contribution in [3.63, 3.8) is 0 Å². The molecule has 1 heteroatoms. The van der Waals surface area contributed by atoms with E-state index in [2.05, 4.69) is 0 Å². The number of benzene rings is 2. The molecule has 11 heavy (non-hydrogen) atoms. The predicted octanol–water partition coefficient (Wildman–Crippen LogP) is 2.98. The molecular formula is C10H7O. The Balaban J connectivity index is 2.91. The van der Waals surface area contributed by atoms with Crippen molar-refractivity contribution in [2.24, 2.45) is 0 Å². The summed E-state index contributed by atoms with van der Waals surface area (Å²) < 4.78 is 0.